The van der Waals surface area contributed by atoms with Crippen LogP contribution in [-0.2, 0) is 6.42 Å². The minimum Gasteiger partial charge on any atom is -0.310 e. The highest BCUT2D eigenvalue weighted by atomic mass is 15.2. The van der Waals surface area contributed by atoms with Gasteiger partial charge in [-0.2, -0.15) is 0 Å². The predicted molar refractivity (Wildman–Crippen MR) is 106 cm³/mol. The third-order valence-corrected chi connectivity index (χ3v) is 5.12. The lowest BCUT2D eigenvalue weighted by Gasteiger charge is -2.32. The first-order valence-corrected chi connectivity index (χ1v) is 9.54. The topological polar surface area (TPSA) is 18.5 Å². The maximum Gasteiger partial charge on any atom is 0.0360 e. The monoisotopic (exact) mass is 337 g/mol. The van der Waals surface area contributed by atoms with E-state index in [9.17, 15) is 0 Å². The summed E-state index contributed by atoms with van der Waals surface area (Å²) in [7, 11) is 2.22. The summed E-state index contributed by atoms with van der Waals surface area (Å²) in [5, 5.41) is 3.80. The van der Waals surface area contributed by atoms with Crippen LogP contribution in [0.3, 0.4) is 0 Å². The Balaban J connectivity index is 1.50. The van der Waals surface area contributed by atoms with Crippen molar-refractivity contribution in [2.75, 3.05) is 46.3 Å². The van der Waals surface area contributed by atoms with Gasteiger partial charge in [-0.05, 0) is 44.1 Å². The Hall–Kier alpha value is -1.68. The van der Waals surface area contributed by atoms with Crippen molar-refractivity contribution in [1.82, 2.24) is 15.1 Å². The minimum atomic E-state index is 0.385. The number of nitrogens with one attached hydrogen (secondary N) is 1. The standard InChI is InChI=1S/C22H31N3/c1-24-15-17-25(18-16-24)14-8-13-23-22(21-11-6-3-7-12-21)19-20-9-4-2-5-10-20/h2-7,9-12,22-23H,8,13-19H2,1H3/t22-/m0/s1. The van der Waals surface area contributed by atoms with Crippen LogP contribution in [0.2, 0.25) is 0 Å². The first kappa shape index (κ1) is 18.1. The third-order valence-electron chi connectivity index (χ3n) is 5.12. The van der Waals surface area contributed by atoms with Gasteiger partial charge < -0.3 is 15.1 Å². The molecule has 1 atom stereocenters. The lowest BCUT2D eigenvalue weighted by Crippen LogP contribution is -2.45. The molecule has 3 nitrogen and oxygen atoms in total. The summed E-state index contributed by atoms with van der Waals surface area (Å²) in [6.45, 7) is 7.10. The molecule has 134 valence electrons. The van der Waals surface area contributed by atoms with Crippen LogP contribution in [0.5, 0.6) is 0 Å². The second-order valence-corrected chi connectivity index (χ2v) is 7.11. The van der Waals surface area contributed by atoms with Crippen LogP contribution in [0.1, 0.15) is 23.6 Å². The van der Waals surface area contributed by atoms with Crippen molar-refractivity contribution in [1.29, 1.82) is 0 Å². The van der Waals surface area contributed by atoms with Gasteiger partial charge in [0.1, 0.15) is 0 Å². The molecule has 3 rings (SSSR count). The van der Waals surface area contributed by atoms with Crippen LogP contribution in [0.4, 0.5) is 0 Å². The number of hydrogen-bond acceptors (Lipinski definition) is 3. The summed E-state index contributed by atoms with van der Waals surface area (Å²) in [5.74, 6) is 0. The number of rotatable bonds is 8. The summed E-state index contributed by atoms with van der Waals surface area (Å²) in [6, 6.07) is 22.0. The van der Waals surface area contributed by atoms with Crippen LogP contribution in [-0.4, -0.2) is 56.1 Å². The van der Waals surface area contributed by atoms with Crippen molar-refractivity contribution in [2.24, 2.45) is 0 Å². The number of nitrogens with zero attached hydrogens (tertiary/aromatic N) is 2. The molecule has 1 N–H and O–H groups in total. The van der Waals surface area contributed by atoms with Crippen molar-refractivity contribution >= 4 is 0 Å². The summed E-state index contributed by atoms with van der Waals surface area (Å²) >= 11 is 0. The zero-order chi connectivity index (χ0) is 17.3. The van der Waals surface area contributed by atoms with Gasteiger partial charge in [0.05, 0.1) is 0 Å². The Morgan fingerprint density at radius 2 is 1.52 bits per heavy atom. The van der Waals surface area contributed by atoms with Gasteiger partial charge in [-0.1, -0.05) is 60.7 Å². The maximum atomic E-state index is 3.80. The molecule has 0 unspecified atom stereocenters. The molecule has 2 aromatic rings. The van der Waals surface area contributed by atoms with E-state index in [0.717, 1.165) is 13.0 Å². The molecule has 0 aromatic heterocycles. The highest BCUT2D eigenvalue weighted by Gasteiger charge is 2.14. The van der Waals surface area contributed by atoms with Crippen molar-refractivity contribution in [3.05, 3.63) is 71.8 Å². The van der Waals surface area contributed by atoms with E-state index in [2.05, 4.69) is 82.8 Å². The average molecular weight is 338 g/mol. The fourth-order valence-electron chi connectivity index (χ4n) is 3.49. The van der Waals surface area contributed by atoms with Gasteiger partial charge >= 0.3 is 0 Å². The number of hydrogen-bond donors (Lipinski definition) is 1. The van der Waals surface area contributed by atoms with Crippen molar-refractivity contribution in [3.8, 4) is 0 Å². The van der Waals surface area contributed by atoms with Crippen LogP contribution in [0.25, 0.3) is 0 Å². The third kappa shape index (κ3) is 5.96. The van der Waals surface area contributed by atoms with Crippen molar-refractivity contribution < 1.29 is 0 Å². The Labute approximate surface area is 152 Å². The highest BCUT2D eigenvalue weighted by Crippen LogP contribution is 2.18. The molecule has 3 heteroatoms. The molecule has 1 aliphatic heterocycles. The zero-order valence-corrected chi connectivity index (χ0v) is 15.4. The van der Waals surface area contributed by atoms with E-state index in [0.29, 0.717) is 6.04 Å². The molecule has 0 bridgehead atoms. The molecule has 0 aliphatic carbocycles. The summed E-state index contributed by atoms with van der Waals surface area (Å²) < 4.78 is 0. The molecule has 2 aromatic carbocycles. The largest absolute Gasteiger partial charge is 0.310 e. The summed E-state index contributed by atoms with van der Waals surface area (Å²) in [4.78, 5) is 5.01. The fraction of sp³-hybridized carbons (Fsp3) is 0.455. The molecule has 0 saturated carbocycles. The number of piperazine rings is 1. The second kappa shape index (κ2) is 9.71. The molecule has 1 fully saturated rings. The van der Waals surface area contributed by atoms with Gasteiger partial charge in [0.2, 0.25) is 0 Å². The normalized spacial score (nSPS) is 17.5. The second-order valence-electron chi connectivity index (χ2n) is 7.11. The van der Waals surface area contributed by atoms with Crippen LogP contribution < -0.4 is 5.32 Å². The molecule has 0 amide bonds. The van der Waals surface area contributed by atoms with Gasteiger partial charge in [0, 0.05) is 32.2 Å². The van der Waals surface area contributed by atoms with Gasteiger partial charge in [0.25, 0.3) is 0 Å². The van der Waals surface area contributed by atoms with Crippen LogP contribution >= 0.6 is 0 Å². The lowest BCUT2D eigenvalue weighted by molar-refractivity contribution is 0.152. The molecule has 1 aliphatic rings. The number of benzene rings is 2. The Bertz CT molecular complexity index is 591. The molecule has 0 spiro atoms. The Morgan fingerprint density at radius 1 is 0.880 bits per heavy atom. The molecular weight excluding hydrogens is 306 g/mol. The smallest absolute Gasteiger partial charge is 0.0360 e. The molecule has 1 heterocycles. The fourth-order valence-corrected chi connectivity index (χ4v) is 3.49. The van der Waals surface area contributed by atoms with E-state index >= 15 is 0 Å². The maximum absolute atomic E-state index is 3.80. The van der Waals surface area contributed by atoms with Gasteiger partial charge in [-0.3, -0.25) is 0 Å². The Morgan fingerprint density at radius 3 is 2.20 bits per heavy atom. The molecular formula is C22H31N3. The number of likely N-dealkylation sites (N-methyl/N-ethyl adjacent to an activating group) is 1. The first-order valence-electron chi connectivity index (χ1n) is 9.54. The van der Waals surface area contributed by atoms with E-state index < -0.39 is 0 Å². The quantitative estimate of drug-likeness (QED) is 0.746. The van der Waals surface area contributed by atoms with Crippen molar-refractivity contribution in [3.63, 3.8) is 0 Å². The molecule has 25 heavy (non-hydrogen) atoms. The van der Waals surface area contributed by atoms with Gasteiger partial charge in [-0.25, -0.2) is 0 Å². The van der Waals surface area contributed by atoms with E-state index in [1.165, 1.54) is 50.3 Å². The van der Waals surface area contributed by atoms with Gasteiger partial charge in [-0.15, -0.1) is 0 Å². The van der Waals surface area contributed by atoms with E-state index in [1.54, 1.807) is 0 Å². The summed E-state index contributed by atoms with van der Waals surface area (Å²) in [5.41, 5.74) is 2.77. The van der Waals surface area contributed by atoms with Crippen molar-refractivity contribution in [2.45, 2.75) is 18.9 Å². The Kier molecular flexibility index (Phi) is 7.04. The summed E-state index contributed by atoms with van der Waals surface area (Å²) in [6.07, 6.45) is 2.25. The minimum absolute atomic E-state index is 0.385. The highest BCUT2D eigenvalue weighted by molar-refractivity contribution is 5.23. The van der Waals surface area contributed by atoms with E-state index in [1.807, 2.05) is 0 Å². The zero-order valence-electron chi connectivity index (χ0n) is 15.4. The van der Waals surface area contributed by atoms with E-state index in [-0.39, 0.29) is 0 Å². The molecule has 1 saturated heterocycles. The predicted octanol–water partition coefficient (Wildman–Crippen LogP) is 3.20. The lowest BCUT2D eigenvalue weighted by atomic mass is 9.99. The van der Waals surface area contributed by atoms with Crippen LogP contribution in [0.15, 0.2) is 60.7 Å². The first-order chi connectivity index (χ1) is 12.3. The van der Waals surface area contributed by atoms with Gasteiger partial charge in [0.15, 0.2) is 0 Å². The van der Waals surface area contributed by atoms with Crippen LogP contribution in [0, 0.1) is 0 Å². The average Bonchev–Trinajstić information content (AvgIpc) is 2.67. The molecule has 0 radical (unpaired) electrons. The SMILES string of the molecule is CN1CCN(CCCN[C@@H](Cc2ccccc2)c2ccccc2)CC1. The van der Waals surface area contributed by atoms with E-state index in [4.69, 9.17) is 0 Å².